The molecule has 2 atom stereocenters. The Labute approximate surface area is 288 Å². The van der Waals surface area contributed by atoms with Crippen molar-refractivity contribution in [2.24, 2.45) is 11.8 Å². The first kappa shape index (κ1) is 36.9. The first-order chi connectivity index (χ1) is 22.4. The van der Waals surface area contributed by atoms with Gasteiger partial charge in [0.2, 0.25) is 18.2 Å². The Kier molecular flexibility index (Phi) is 14.2. The molecule has 258 valence electrons. The lowest BCUT2D eigenvalue weighted by atomic mass is 9.53. The summed E-state index contributed by atoms with van der Waals surface area (Å²) in [5.41, 5.74) is 8.93. The number of amides is 3. The Bertz CT molecular complexity index is 1170. The van der Waals surface area contributed by atoms with Gasteiger partial charge in [-0.25, -0.2) is 0 Å². The quantitative estimate of drug-likeness (QED) is 0.428. The van der Waals surface area contributed by atoms with Crippen molar-refractivity contribution in [2.45, 2.75) is 126 Å². The molecule has 3 saturated carbocycles. The molecule has 2 aromatic rings. The van der Waals surface area contributed by atoms with E-state index >= 15 is 0 Å². The summed E-state index contributed by atoms with van der Waals surface area (Å²) in [7, 11) is 3.38. The van der Waals surface area contributed by atoms with E-state index in [1.54, 1.807) is 14.1 Å². The zero-order valence-corrected chi connectivity index (χ0v) is 29.4. The van der Waals surface area contributed by atoms with Crippen LogP contribution in [-0.4, -0.2) is 55.3 Å². The minimum atomic E-state index is -0.361. The van der Waals surface area contributed by atoms with Crippen molar-refractivity contribution in [3.8, 4) is 0 Å². The maximum absolute atomic E-state index is 14.0. The van der Waals surface area contributed by atoms with Gasteiger partial charge in [-0.05, 0) is 73.6 Å². The molecule has 3 amide bonds. The van der Waals surface area contributed by atoms with Crippen LogP contribution in [0.15, 0.2) is 48.5 Å². The molecular weight excluding hydrogens is 608 g/mol. The smallest absolute Gasteiger partial charge is 0.225 e. The Morgan fingerprint density at radius 3 is 1.17 bits per heavy atom. The summed E-state index contributed by atoms with van der Waals surface area (Å²) >= 11 is 0. The number of hydrogen-bond donors (Lipinski definition) is 3. The van der Waals surface area contributed by atoms with Crippen molar-refractivity contribution in [1.29, 1.82) is 0 Å². The van der Waals surface area contributed by atoms with Crippen molar-refractivity contribution < 1.29 is 32.5 Å². The third kappa shape index (κ3) is 9.17. The maximum Gasteiger partial charge on any atom is 0.225 e. The van der Waals surface area contributed by atoms with E-state index in [-0.39, 0.29) is 60.0 Å². The number of fused-ring (bicyclic) bond motifs is 1. The summed E-state index contributed by atoms with van der Waals surface area (Å²) in [4.78, 5) is 38.9. The fraction of sp³-hybridized carbons (Fsp3) is 0.615. The number of quaternary nitrogens is 1. The molecule has 8 heteroatoms. The molecule has 0 heterocycles. The van der Waals surface area contributed by atoms with E-state index in [4.69, 9.17) is 0 Å². The molecule has 0 saturated heterocycles. The summed E-state index contributed by atoms with van der Waals surface area (Å²) in [5, 5.41) is 6.81. The lowest BCUT2D eigenvalue weighted by Gasteiger charge is -2.49. The second-order valence-electron chi connectivity index (χ2n) is 14.5. The van der Waals surface area contributed by atoms with Crippen LogP contribution in [-0.2, 0) is 14.4 Å². The predicted molar refractivity (Wildman–Crippen MR) is 183 cm³/mol. The molecular formula is C39H57ClN4O3. The van der Waals surface area contributed by atoms with Crippen LogP contribution in [0.4, 0.5) is 0 Å². The van der Waals surface area contributed by atoms with Crippen molar-refractivity contribution >= 4 is 18.2 Å². The predicted octanol–water partition coefficient (Wildman–Crippen LogP) is 2.68. The highest BCUT2D eigenvalue weighted by molar-refractivity contribution is 5.92. The average molecular weight is 665 g/mol. The second-order valence-corrected chi connectivity index (χ2v) is 14.5. The van der Waals surface area contributed by atoms with Crippen LogP contribution in [0.25, 0.3) is 0 Å². The molecule has 0 spiro atoms. The molecule has 0 radical (unpaired) electrons. The zero-order chi connectivity index (χ0) is 32.5. The van der Waals surface area contributed by atoms with Crippen molar-refractivity contribution in [1.82, 2.24) is 15.5 Å². The number of benzene rings is 2. The summed E-state index contributed by atoms with van der Waals surface area (Å²) in [6.07, 6.45) is 19.3. The molecule has 8 rings (SSSR count). The van der Waals surface area contributed by atoms with E-state index in [0.29, 0.717) is 0 Å². The molecule has 6 aliphatic rings. The first-order valence-electron chi connectivity index (χ1n) is 18.1. The van der Waals surface area contributed by atoms with Gasteiger partial charge in [-0.1, -0.05) is 93.5 Å². The van der Waals surface area contributed by atoms with Gasteiger partial charge in [0, 0.05) is 38.0 Å². The number of halogens is 1. The van der Waals surface area contributed by atoms with E-state index < -0.39 is 0 Å². The van der Waals surface area contributed by atoms with Crippen LogP contribution in [0.5, 0.6) is 0 Å². The average Bonchev–Trinajstić information content (AvgIpc) is 3.09. The van der Waals surface area contributed by atoms with Gasteiger partial charge in [-0.2, -0.15) is 0 Å². The molecule has 2 bridgehead atoms. The van der Waals surface area contributed by atoms with Gasteiger partial charge in [0.25, 0.3) is 0 Å². The molecule has 3 fully saturated rings. The minimum absolute atomic E-state index is 0. The molecule has 2 aromatic carbocycles. The molecule has 6 aliphatic carbocycles. The van der Waals surface area contributed by atoms with Crippen LogP contribution in [0.3, 0.4) is 0 Å². The van der Waals surface area contributed by atoms with Crippen LogP contribution >= 0.6 is 0 Å². The monoisotopic (exact) mass is 664 g/mol. The van der Waals surface area contributed by atoms with E-state index in [2.05, 4.69) is 64.9 Å². The maximum atomic E-state index is 14.0. The van der Waals surface area contributed by atoms with Gasteiger partial charge in [0.15, 0.2) is 0 Å². The van der Waals surface area contributed by atoms with Gasteiger partial charge in [0.05, 0.1) is 17.9 Å². The highest BCUT2D eigenvalue weighted by atomic mass is 35.5. The number of carbonyl (C=O) groups is 3. The van der Waals surface area contributed by atoms with Gasteiger partial charge in [-0.15, -0.1) is 0 Å². The van der Waals surface area contributed by atoms with E-state index in [1.165, 1.54) is 97.8 Å². The van der Waals surface area contributed by atoms with E-state index in [0.717, 1.165) is 38.1 Å². The third-order valence-electron chi connectivity index (χ3n) is 10.9. The number of nitrogens with one attached hydrogen (secondary N) is 2. The van der Waals surface area contributed by atoms with Crippen LogP contribution in [0, 0.1) is 11.8 Å². The van der Waals surface area contributed by atoms with Crippen LogP contribution in [0.1, 0.15) is 130 Å². The van der Waals surface area contributed by atoms with Crippen LogP contribution in [0.2, 0.25) is 0 Å². The second kappa shape index (κ2) is 18.0. The number of hydrogen-bond acceptors (Lipinski definition) is 3. The Morgan fingerprint density at radius 2 is 0.915 bits per heavy atom. The number of nitrogens with zero attached hydrogens (tertiary/aromatic N) is 1. The SMILES string of the molecule is CN(C)C=O.O=C(NC1CCCCC1)[C@H]1C2c3ccccc3C(c3ccccc32)[C@@H]1C(=O)NC1CCCCC1.[Cl-].[NH3+]C1CCCCC1. The summed E-state index contributed by atoms with van der Waals surface area (Å²) in [5.74, 6) is -0.698. The fourth-order valence-electron chi connectivity index (χ4n) is 8.58. The highest BCUT2D eigenvalue weighted by Crippen LogP contribution is 2.58. The Balaban J connectivity index is 0.000000327. The van der Waals surface area contributed by atoms with Crippen molar-refractivity contribution in [3.63, 3.8) is 0 Å². The standard InChI is InChI=1S/C30H36N2O2.C6H13N.C3H7NO.ClH/c33-29(31-19-11-3-1-4-12-19)27-25-21-15-7-9-17-23(21)26(24-18-10-8-16-22(24)25)28(27)30(34)32-20-13-5-2-6-14-20;7-6-4-2-1-3-5-6;1-4(2)3-5;/h7-10,15-20,25-28H,1-6,11-14H2,(H,31,33)(H,32,34);6H,1-5,7H2;3H,1-2H3;1H/t25?,26?,27-,28-;;;/m0.../s1. The summed E-state index contributed by atoms with van der Waals surface area (Å²) < 4.78 is 0. The van der Waals surface area contributed by atoms with Crippen LogP contribution < -0.4 is 28.8 Å². The topological polar surface area (TPSA) is 106 Å². The van der Waals surface area contributed by atoms with Gasteiger partial charge >= 0.3 is 0 Å². The molecule has 0 aliphatic heterocycles. The Morgan fingerprint density at radius 1 is 0.617 bits per heavy atom. The molecule has 0 unspecified atom stereocenters. The number of rotatable bonds is 5. The van der Waals surface area contributed by atoms with Gasteiger partial charge in [0.1, 0.15) is 0 Å². The van der Waals surface area contributed by atoms with E-state index in [1.807, 2.05) is 0 Å². The lowest BCUT2D eigenvalue weighted by molar-refractivity contribution is -0.425. The fourth-order valence-corrected chi connectivity index (χ4v) is 8.58. The molecule has 47 heavy (non-hydrogen) atoms. The zero-order valence-electron chi connectivity index (χ0n) is 28.6. The van der Waals surface area contributed by atoms with Gasteiger partial charge in [-0.3, -0.25) is 14.4 Å². The third-order valence-corrected chi connectivity index (χ3v) is 10.9. The summed E-state index contributed by atoms with van der Waals surface area (Å²) in [6, 6.07) is 18.3. The largest absolute Gasteiger partial charge is 1.00 e. The van der Waals surface area contributed by atoms with Crippen molar-refractivity contribution in [3.05, 3.63) is 70.8 Å². The van der Waals surface area contributed by atoms with E-state index in [9.17, 15) is 14.4 Å². The van der Waals surface area contributed by atoms with Gasteiger partial charge < -0.3 is 33.7 Å². The Hall–Kier alpha value is -2.90. The molecule has 5 N–H and O–H groups in total. The lowest BCUT2D eigenvalue weighted by Crippen LogP contribution is -3.00. The summed E-state index contributed by atoms with van der Waals surface area (Å²) in [6.45, 7) is 0. The first-order valence-corrected chi connectivity index (χ1v) is 18.1. The normalized spacial score (nSPS) is 25.2. The molecule has 7 nitrogen and oxygen atoms in total. The number of carbonyl (C=O) groups excluding carboxylic acids is 3. The highest BCUT2D eigenvalue weighted by Gasteiger charge is 2.55. The molecule has 0 aromatic heterocycles. The van der Waals surface area contributed by atoms with Crippen molar-refractivity contribution in [2.75, 3.05) is 14.1 Å². The minimum Gasteiger partial charge on any atom is -1.00 e.